The monoisotopic (exact) mass is 552 g/mol. The van der Waals surface area contributed by atoms with Gasteiger partial charge in [0.05, 0.1) is 22.8 Å². The van der Waals surface area contributed by atoms with E-state index in [1.165, 1.54) is 24.3 Å². The van der Waals surface area contributed by atoms with Gasteiger partial charge in [-0.3, -0.25) is 0 Å². The lowest BCUT2D eigenvalue weighted by Crippen LogP contribution is -2.43. The lowest BCUT2D eigenvalue weighted by molar-refractivity contribution is -0.141. The minimum Gasteiger partial charge on any atom is -0.443 e. The molecule has 8 nitrogen and oxygen atoms in total. The highest BCUT2D eigenvalue weighted by atomic mass is 32.2. The highest BCUT2D eigenvalue weighted by molar-refractivity contribution is 7.89. The summed E-state index contributed by atoms with van der Waals surface area (Å²) in [4.78, 5) is 14.3. The maximum atomic E-state index is 13.5. The first-order valence-corrected chi connectivity index (χ1v) is 13.2. The van der Waals surface area contributed by atoms with Crippen LogP contribution in [-0.2, 0) is 20.9 Å². The van der Waals surface area contributed by atoms with E-state index in [-0.39, 0.29) is 29.4 Å². The van der Waals surface area contributed by atoms with Crippen molar-refractivity contribution in [3.05, 3.63) is 65.9 Å². The first-order chi connectivity index (χ1) is 17.5. The Hall–Kier alpha value is -3.38. The van der Waals surface area contributed by atoms with Crippen LogP contribution in [0.25, 0.3) is 16.9 Å². The minimum atomic E-state index is -4.67. The summed E-state index contributed by atoms with van der Waals surface area (Å²) in [5, 5.41) is 3.75. The predicted octanol–water partition coefficient (Wildman–Crippen LogP) is 5.35. The summed E-state index contributed by atoms with van der Waals surface area (Å²) < 4.78 is 74.4. The zero-order chi connectivity index (χ0) is 28.5. The van der Waals surface area contributed by atoms with Crippen LogP contribution in [0.5, 0.6) is 0 Å². The van der Waals surface area contributed by atoms with Gasteiger partial charge in [0.15, 0.2) is 5.69 Å². The standard InChI is InChI=1S/C26H31F3N4O4S/c1-18-7-9-19(10-8-18)22-17-23(26(27,28)29)30-33(22)20-11-13-21(14-12-20)38(35,36)32(16-15-31(5)6)24(34)37-25(2,3)4/h7-14,17H,15-16H2,1-6H3. The topological polar surface area (TPSA) is 84.7 Å². The summed E-state index contributed by atoms with van der Waals surface area (Å²) >= 11 is 0. The molecule has 1 heterocycles. The fraction of sp³-hybridized carbons (Fsp3) is 0.385. The van der Waals surface area contributed by atoms with Gasteiger partial charge in [-0.1, -0.05) is 29.8 Å². The van der Waals surface area contributed by atoms with Crippen LogP contribution >= 0.6 is 0 Å². The number of aromatic nitrogens is 2. The lowest BCUT2D eigenvalue weighted by atomic mass is 10.1. The van der Waals surface area contributed by atoms with Gasteiger partial charge in [0, 0.05) is 12.1 Å². The molecule has 206 valence electrons. The summed E-state index contributed by atoms with van der Waals surface area (Å²) in [6.07, 6.45) is -5.69. The number of ether oxygens (including phenoxy) is 1. The Labute approximate surface area is 220 Å². The molecule has 0 aliphatic rings. The van der Waals surface area contributed by atoms with Crippen LogP contribution in [0.1, 0.15) is 32.0 Å². The van der Waals surface area contributed by atoms with Crippen LogP contribution in [-0.4, -0.2) is 66.3 Å². The Morgan fingerprint density at radius 2 is 1.55 bits per heavy atom. The molecule has 3 aromatic rings. The van der Waals surface area contributed by atoms with Crippen molar-refractivity contribution in [2.24, 2.45) is 0 Å². The Bertz CT molecular complexity index is 1380. The second-order valence-electron chi connectivity index (χ2n) is 10.0. The summed E-state index contributed by atoms with van der Waals surface area (Å²) in [6.45, 7) is 6.84. The van der Waals surface area contributed by atoms with E-state index < -0.39 is 33.6 Å². The first kappa shape index (κ1) is 29.2. The van der Waals surface area contributed by atoms with E-state index in [0.29, 0.717) is 9.87 Å². The fourth-order valence-electron chi connectivity index (χ4n) is 3.45. The third-order valence-corrected chi connectivity index (χ3v) is 7.14. The zero-order valence-corrected chi connectivity index (χ0v) is 22.9. The molecular formula is C26H31F3N4O4S. The van der Waals surface area contributed by atoms with Gasteiger partial charge in [-0.2, -0.15) is 22.6 Å². The number of aryl methyl sites for hydroxylation is 1. The van der Waals surface area contributed by atoms with Crippen molar-refractivity contribution in [1.29, 1.82) is 0 Å². The van der Waals surface area contributed by atoms with Gasteiger partial charge in [0.25, 0.3) is 10.0 Å². The molecule has 0 aliphatic carbocycles. The van der Waals surface area contributed by atoms with E-state index in [0.717, 1.165) is 16.3 Å². The molecule has 38 heavy (non-hydrogen) atoms. The van der Waals surface area contributed by atoms with Gasteiger partial charge in [0.2, 0.25) is 0 Å². The van der Waals surface area contributed by atoms with Gasteiger partial charge >= 0.3 is 12.3 Å². The van der Waals surface area contributed by atoms with Crippen LogP contribution in [0.3, 0.4) is 0 Å². The number of nitrogens with zero attached hydrogens (tertiary/aromatic N) is 4. The predicted molar refractivity (Wildman–Crippen MR) is 137 cm³/mol. The second kappa shape index (κ2) is 10.8. The maximum Gasteiger partial charge on any atom is 0.435 e. The molecule has 0 spiro atoms. The molecule has 0 saturated carbocycles. The fourth-order valence-corrected chi connectivity index (χ4v) is 4.74. The largest absolute Gasteiger partial charge is 0.443 e. The summed E-state index contributed by atoms with van der Waals surface area (Å²) in [6, 6.07) is 13.0. The highest BCUT2D eigenvalue weighted by Crippen LogP contribution is 2.33. The van der Waals surface area contributed by atoms with Gasteiger partial charge in [-0.15, -0.1) is 0 Å². The number of hydrogen-bond donors (Lipinski definition) is 0. The van der Waals surface area contributed by atoms with Crippen LogP contribution < -0.4 is 0 Å². The van der Waals surface area contributed by atoms with E-state index in [1.807, 2.05) is 6.92 Å². The van der Waals surface area contributed by atoms with Crippen molar-refractivity contribution >= 4 is 16.1 Å². The van der Waals surface area contributed by atoms with Gasteiger partial charge in [-0.05, 0) is 72.1 Å². The Kier molecular flexibility index (Phi) is 8.27. The van der Waals surface area contributed by atoms with Crippen LogP contribution in [0, 0.1) is 6.92 Å². The number of sulfonamides is 1. The van der Waals surface area contributed by atoms with Crippen LogP contribution in [0.4, 0.5) is 18.0 Å². The smallest absolute Gasteiger partial charge is 0.435 e. The number of carbonyl (C=O) groups excluding carboxylic acids is 1. The molecule has 0 fully saturated rings. The van der Waals surface area contributed by atoms with Gasteiger partial charge in [0.1, 0.15) is 5.60 Å². The molecular weight excluding hydrogens is 521 g/mol. The SMILES string of the molecule is Cc1ccc(-c2cc(C(F)(F)F)nn2-c2ccc(S(=O)(=O)N(CCN(C)C)C(=O)OC(C)(C)C)cc2)cc1. The zero-order valence-electron chi connectivity index (χ0n) is 22.1. The molecule has 0 saturated heterocycles. The molecule has 0 unspecified atom stereocenters. The summed E-state index contributed by atoms with van der Waals surface area (Å²) in [5.41, 5.74) is -0.148. The van der Waals surface area contributed by atoms with Crippen LogP contribution in [0.15, 0.2) is 59.5 Å². The van der Waals surface area contributed by atoms with Crippen molar-refractivity contribution < 1.29 is 31.1 Å². The van der Waals surface area contributed by atoms with E-state index in [9.17, 15) is 26.4 Å². The van der Waals surface area contributed by atoms with E-state index >= 15 is 0 Å². The number of benzene rings is 2. The number of rotatable bonds is 7. The number of carbonyl (C=O) groups is 1. The lowest BCUT2D eigenvalue weighted by Gasteiger charge is -2.27. The van der Waals surface area contributed by atoms with Crippen molar-refractivity contribution in [3.8, 4) is 16.9 Å². The highest BCUT2D eigenvalue weighted by Gasteiger charge is 2.36. The number of halogens is 3. The van der Waals surface area contributed by atoms with E-state index in [2.05, 4.69) is 5.10 Å². The van der Waals surface area contributed by atoms with Crippen molar-refractivity contribution in [1.82, 2.24) is 19.0 Å². The second-order valence-corrected chi connectivity index (χ2v) is 11.9. The molecule has 0 bridgehead atoms. The number of hydrogen-bond acceptors (Lipinski definition) is 6. The summed E-state index contributed by atoms with van der Waals surface area (Å²) in [5.74, 6) is 0. The quantitative estimate of drug-likeness (QED) is 0.393. The van der Waals surface area contributed by atoms with Crippen LogP contribution in [0.2, 0.25) is 0 Å². The molecule has 0 aliphatic heterocycles. The third kappa shape index (κ3) is 6.93. The molecule has 1 amide bonds. The van der Waals surface area contributed by atoms with Crippen molar-refractivity contribution in [2.75, 3.05) is 27.2 Å². The molecule has 12 heteroatoms. The maximum absolute atomic E-state index is 13.5. The summed E-state index contributed by atoms with van der Waals surface area (Å²) in [7, 11) is -0.858. The number of likely N-dealkylation sites (N-methyl/N-ethyl adjacent to an activating group) is 1. The molecule has 2 aromatic carbocycles. The minimum absolute atomic E-state index is 0.155. The van der Waals surface area contributed by atoms with Gasteiger partial charge in [-0.25, -0.2) is 17.9 Å². The molecule has 0 atom stereocenters. The molecule has 0 radical (unpaired) electrons. The normalized spacial score (nSPS) is 12.6. The molecule has 1 aromatic heterocycles. The van der Waals surface area contributed by atoms with Crippen molar-refractivity contribution in [3.63, 3.8) is 0 Å². The Morgan fingerprint density at radius 1 is 0.974 bits per heavy atom. The number of alkyl halides is 3. The third-order valence-electron chi connectivity index (χ3n) is 5.36. The van der Waals surface area contributed by atoms with Gasteiger partial charge < -0.3 is 9.64 Å². The number of amides is 1. The van der Waals surface area contributed by atoms with E-state index in [1.54, 1.807) is 64.0 Å². The van der Waals surface area contributed by atoms with E-state index in [4.69, 9.17) is 4.74 Å². The Balaban J connectivity index is 2.03. The van der Waals surface area contributed by atoms with Crippen molar-refractivity contribution in [2.45, 2.75) is 44.4 Å². The molecule has 0 N–H and O–H groups in total. The average Bonchev–Trinajstić information content (AvgIpc) is 3.24. The Morgan fingerprint density at radius 3 is 2.05 bits per heavy atom. The average molecular weight is 553 g/mol. The molecule has 3 rings (SSSR count). The first-order valence-electron chi connectivity index (χ1n) is 11.7.